The summed E-state index contributed by atoms with van der Waals surface area (Å²) >= 11 is 6.09. The lowest BCUT2D eigenvalue weighted by atomic mass is 10.1. The molecule has 1 aromatic carbocycles. The summed E-state index contributed by atoms with van der Waals surface area (Å²) in [6.45, 7) is 2.43. The maximum Gasteiger partial charge on any atom is 0.282 e. The highest BCUT2D eigenvalue weighted by molar-refractivity contribution is 7.86. The van der Waals surface area contributed by atoms with Crippen molar-refractivity contribution in [3.05, 3.63) is 35.2 Å². The van der Waals surface area contributed by atoms with Gasteiger partial charge in [0.25, 0.3) is 10.2 Å². The highest BCUT2D eigenvalue weighted by Gasteiger charge is 2.33. The SMILES string of the molecule is O=S(=O)(N1CCOCC1)N1CCC(Nc2ccc3c(Cl)ccnc3c2F)CC1. The van der Waals surface area contributed by atoms with E-state index in [1.807, 2.05) is 0 Å². The van der Waals surface area contributed by atoms with Gasteiger partial charge in [0.2, 0.25) is 0 Å². The molecule has 2 fully saturated rings. The molecule has 0 saturated carbocycles. The van der Waals surface area contributed by atoms with Crippen molar-refractivity contribution in [1.82, 2.24) is 13.6 Å². The predicted molar refractivity (Wildman–Crippen MR) is 106 cm³/mol. The Kier molecular flexibility index (Phi) is 5.71. The number of aromatic nitrogens is 1. The van der Waals surface area contributed by atoms with E-state index in [0.29, 0.717) is 68.3 Å². The second-order valence-electron chi connectivity index (χ2n) is 6.95. The summed E-state index contributed by atoms with van der Waals surface area (Å²) < 4.78 is 48.5. The first-order valence-electron chi connectivity index (χ1n) is 9.29. The van der Waals surface area contributed by atoms with Crippen LogP contribution < -0.4 is 5.32 Å². The zero-order chi connectivity index (χ0) is 19.7. The first-order chi connectivity index (χ1) is 13.5. The van der Waals surface area contributed by atoms with Gasteiger partial charge < -0.3 is 10.1 Å². The van der Waals surface area contributed by atoms with Gasteiger partial charge in [0.05, 0.1) is 23.9 Å². The highest BCUT2D eigenvalue weighted by Crippen LogP contribution is 2.29. The summed E-state index contributed by atoms with van der Waals surface area (Å²) in [6, 6.07) is 5.01. The second-order valence-corrected chi connectivity index (χ2v) is 9.29. The number of hydrogen-bond donors (Lipinski definition) is 1. The lowest BCUT2D eigenvalue weighted by Gasteiger charge is -2.36. The topological polar surface area (TPSA) is 74.8 Å². The first-order valence-corrected chi connectivity index (χ1v) is 11.1. The molecule has 3 heterocycles. The molecule has 0 radical (unpaired) electrons. The van der Waals surface area contributed by atoms with Gasteiger partial charge in [0.15, 0.2) is 5.82 Å². The second kappa shape index (κ2) is 8.08. The van der Waals surface area contributed by atoms with Gasteiger partial charge in [-0.2, -0.15) is 17.0 Å². The summed E-state index contributed by atoms with van der Waals surface area (Å²) in [6.07, 6.45) is 2.68. The quantitative estimate of drug-likeness (QED) is 0.809. The number of piperidine rings is 1. The van der Waals surface area contributed by atoms with Crippen LogP contribution in [0.2, 0.25) is 5.02 Å². The van der Waals surface area contributed by atoms with Crippen LogP contribution in [0.4, 0.5) is 10.1 Å². The Bertz CT molecular complexity index is 961. The van der Waals surface area contributed by atoms with Crippen LogP contribution in [0, 0.1) is 5.82 Å². The number of fused-ring (bicyclic) bond motifs is 1. The number of benzene rings is 1. The number of nitrogens with one attached hydrogen (secondary N) is 1. The third-order valence-corrected chi connectivity index (χ3v) is 7.60. The predicted octanol–water partition coefficient (Wildman–Crippen LogP) is 2.48. The summed E-state index contributed by atoms with van der Waals surface area (Å²) in [5.41, 5.74) is 0.585. The van der Waals surface area contributed by atoms with Gasteiger partial charge in [-0.3, -0.25) is 4.98 Å². The number of nitrogens with zero attached hydrogens (tertiary/aromatic N) is 3. The average molecular weight is 429 g/mol. The maximum atomic E-state index is 14.8. The summed E-state index contributed by atoms with van der Waals surface area (Å²) in [7, 11) is -3.46. The Morgan fingerprint density at radius 1 is 1.11 bits per heavy atom. The fourth-order valence-corrected chi connectivity index (χ4v) is 5.47. The van der Waals surface area contributed by atoms with E-state index < -0.39 is 16.0 Å². The van der Waals surface area contributed by atoms with Crippen LogP contribution in [0.25, 0.3) is 10.9 Å². The average Bonchev–Trinajstić information content (AvgIpc) is 2.72. The minimum Gasteiger partial charge on any atom is -0.380 e. The van der Waals surface area contributed by atoms with Crippen molar-refractivity contribution in [2.45, 2.75) is 18.9 Å². The Morgan fingerprint density at radius 3 is 2.50 bits per heavy atom. The number of halogens is 2. The fourth-order valence-electron chi connectivity index (χ4n) is 3.65. The largest absolute Gasteiger partial charge is 0.380 e. The van der Waals surface area contributed by atoms with Crippen molar-refractivity contribution in [3.8, 4) is 0 Å². The molecule has 0 aliphatic carbocycles. The van der Waals surface area contributed by atoms with Gasteiger partial charge in [-0.05, 0) is 31.0 Å². The summed E-state index contributed by atoms with van der Waals surface area (Å²) in [5, 5.41) is 4.22. The Morgan fingerprint density at radius 2 is 1.79 bits per heavy atom. The minimum absolute atomic E-state index is 0.0118. The highest BCUT2D eigenvalue weighted by atomic mass is 35.5. The van der Waals surface area contributed by atoms with Crippen LogP contribution >= 0.6 is 11.6 Å². The molecule has 4 rings (SSSR count). The molecule has 0 unspecified atom stereocenters. The molecule has 28 heavy (non-hydrogen) atoms. The van der Waals surface area contributed by atoms with E-state index in [2.05, 4.69) is 10.3 Å². The molecule has 1 aromatic heterocycles. The van der Waals surface area contributed by atoms with E-state index in [1.165, 1.54) is 14.8 Å². The first kappa shape index (κ1) is 19.8. The van der Waals surface area contributed by atoms with Gasteiger partial charge >= 0.3 is 0 Å². The van der Waals surface area contributed by atoms with Crippen LogP contribution in [-0.2, 0) is 14.9 Å². The van der Waals surface area contributed by atoms with Gasteiger partial charge in [-0.1, -0.05) is 11.6 Å². The standard InChI is InChI=1S/C18H22ClFN4O3S/c19-15-3-6-21-18-14(15)1-2-16(17(18)20)22-13-4-7-23(8-5-13)28(25,26)24-9-11-27-12-10-24/h1-3,6,13,22H,4-5,7-12H2. The van der Waals surface area contributed by atoms with Crippen LogP contribution in [0.1, 0.15) is 12.8 Å². The van der Waals surface area contributed by atoms with Crippen molar-refractivity contribution >= 4 is 38.4 Å². The Hall–Kier alpha value is -1.52. The zero-order valence-corrected chi connectivity index (χ0v) is 16.8. The fraction of sp³-hybridized carbons (Fsp3) is 0.500. The van der Waals surface area contributed by atoms with E-state index in [4.69, 9.17) is 16.3 Å². The smallest absolute Gasteiger partial charge is 0.282 e. The molecular weight excluding hydrogens is 407 g/mol. The normalized spacial score (nSPS) is 20.5. The van der Waals surface area contributed by atoms with Crippen molar-refractivity contribution in [2.75, 3.05) is 44.7 Å². The monoisotopic (exact) mass is 428 g/mol. The van der Waals surface area contributed by atoms with Gasteiger partial charge in [0.1, 0.15) is 5.52 Å². The molecule has 7 nitrogen and oxygen atoms in total. The van der Waals surface area contributed by atoms with E-state index in [0.717, 1.165) is 0 Å². The van der Waals surface area contributed by atoms with Gasteiger partial charge in [-0.25, -0.2) is 4.39 Å². The molecule has 2 saturated heterocycles. The van der Waals surface area contributed by atoms with Gasteiger partial charge in [0, 0.05) is 43.8 Å². The molecule has 0 spiro atoms. The Balaban J connectivity index is 1.42. The van der Waals surface area contributed by atoms with E-state index in [9.17, 15) is 12.8 Å². The molecule has 0 atom stereocenters. The number of ether oxygens (including phenoxy) is 1. The van der Waals surface area contributed by atoms with Gasteiger partial charge in [-0.15, -0.1) is 0 Å². The number of rotatable bonds is 4. The molecule has 2 aliphatic heterocycles. The maximum absolute atomic E-state index is 14.8. The molecule has 10 heteroatoms. The third kappa shape index (κ3) is 3.81. The number of morpholine rings is 1. The lowest BCUT2D eigenvalue weighted by Crippen LogP contribution is -2.51. The molecule has 1 N–H and O–H groups in total. The minimum atomic E-state index is -3.46. The molecule has 0 bridgehead atoms. The van der Waals surface area contributed by atoms with Crippen molar-refractivity contribution < 1.29 is 17.5 Å². The number of hydrogen-bond acceptors (Lipinski definition) is 5. The Labute approximate surface area is 168 Å². The molecule has 0 amide bonds. The van der Waals surface area contributed by atoms with E-state index in [-0.39, 0.29) is 11.6 Å². The van der Waals surface area contributed by atoms with E-state index >= 15 is 0 Å². The van der Waals surface area contributed by atoms with Crippen molar-refractivity contribution in [3.63, 3.8) is 0 Å². The van der Waals surface area contributed by atoms with Crippen LogP contribution in [0.3, 0.4) is 0 Å². The van der Waals surface area contributed by atoms with Crippen molar-refractivity contribution in [1.29, 1.82) is 0 Å². The summed E-state index contributed by atoms with van der Waals surface area (Å²) in [5.74, 6) is -0.441. The van der Waals surface area contributed by atoms with Crippen LogP contribution in [-0.4, -0.2) is 67.4 Å². The lowest BCUT2D eigenvalue weighted by molar-refractivity contribution is 0.0697. The van der Waals surface area contributed by atoms with Crippen LogP contribution in [0.15, 0.2) is 24.4 Å². The van der Waals surface area contributed by atoms with E-state index in [1.54, 1.807) is 18.2 Å². The van der Waals surface area contributed by atoms with Crippen LogP contribution in [0.5, 0.6) is 0 Å². The molecule has 2 aliphatic rings. The molecule has 2 aromatic rings. The number of anilines is 1. The summed E-state index contributed by atoms with van der Waals surface area (Å²) in [4.78, 5) is 4.09. The van der Waals surface area contributed by atoms with Crippen molar-refractivity contribution in [2.24, 2.45) is 0 Å². The zero-order valence-electron chi connectivity index (χ0n) is 15.3. The number of pyridine rings is 1. The molecule has 152 valence electrons. The molecular formula is C18H22ClFN4O3S. The third-order valence-electron chi connectivity index (χ3n) is 5.23.